The predicted molar refractivity (Wildman–Crippen MR) is 102 cm³/mol. The van der Waals surface area contributed by atoms with Gasteiger partial charge in [-0.2, -0.15) is 0 Å². The summed E-state index contributed by atoms with van der Waals surface area (Å²) in [5, 5.41) is 2.57. The first kappa shape index (κ1) is 19.9. The van der Waals surface area contributed by atoms with Gasteiger partial charge in [-0.05, 0) is 54.8 Å². The van der Waals surface area contributed by atoms with E-state index in [1.807, 2.05) is 0 Å². The SMILES string of the molecule is O=C(CCc1cc(F)ccc1F)Nc1cccc(S(=O)(=O)NC2=NCCC2)c1. The molecule has 0 bridgehead atoms. The highest BCUT2D eigenvalue weighted by molar-refractivity contribution is 7.90. The Kier molecular flexibility index (Phi) is 6.03. The molecule has 2 N–H and O–H groups in total. The number of amides is 1. The Hall–Kier alpha value is -2.81. The highest BCUT2D eigenvalue weighted by atomic mass is 32.2. The average molecular weight is 407 g/mol. The van der Waals surface area contributed by atoms with Gasteiger partial charge in [0.1, 0.15) is 17.5 Å². The number of nitrogens with one attached hydrogen (secondary N) is 2. The molecule has 0 spiro atoms. The molecular formula is C19H19F2N3O3S. The van der Waals surface area contributed by atoms with Crippen molar-refractivity contribution in [3.8, 4) is 0 Å². The Morgan fingerprint density at radius 3 is 2.71 bits per heavy atom. The second-order valence-electron chi connectivity index (χ2n) is 6.35. The van der Waals surface area contributed by atoms with Crippen LogP contribution in [0, 0.1) is 11.6 Å². The monoisotopic (exact) mass is 407 g/mol. The number of halogens is 2. The number of aryl methyl sites for hydroxylation is 1. The zero-order valence-electron chi connectivity index (χ0n) is 14.9. The first-order valence-electron chi connectivity index (χ1n) is 8.73. The van der Waals surface area contributed by atoms with Crippen LogP contribution in [0.1, 0.15) is 24.8 Å². The molecule has 0 unspecified atom stereocenters. The first-order chi connectivity index (χ1) is 13.3. The molecule has 1 heterocycles. The van der Waals surface area contributed by atoms with Gasteiger partial charge in [0.05, 0.1) is 4.90 Å². The van der Waals surface area contributed by atoms with E-state index in [2.05, 4.69) is 15.0 Å². The molecule has 3 rings (SSSR count). The van der Waals surface area contributed by atoms with Gasteiger partial charge in [-0.3, -0.25) is 14.5 Å². The Balaban J connectivity index is 1.63. The second kappa shape index (κ2) is 8.47. The van der Waals surface area contributed by atoms with Crippen LogP contribution in [0.2, 0.25) is 0 Å². The Labute approximate surface area is 161 Å². The molecule has 1 aliphatic heterocycles. The Bertz CT molecular complexity index is 1020. The lowest BCUT2D eigenvalue weighted by molar-refractivity contribution is -0.116. The number of nitrogens with zero attached hydrogens (tertiary/aromatic N) is 1. The lowest BCUT2D eigenvalue weighted by atomic mass is 10.1. The quantitative estimate of drug-likeness (QED) is 0.772. The van der Waals surface area contributed by atoms with Crippen LogP contribution in [0.15, 0.2) is 52.4 Å². The van der Waals surface area contributed by atoms with Crippen LogP contribution in [0.3, 0.4) is 0 Å². The molecule has 0 fully saturated rings. The van der Waals surface area contributed by atoms with E-state index in [1.165, 1.54) is 18.2 Å². The molecule has 28 heavy (non-hydrogen) atoms. The molecule has 0 aromatic heterocycles. The van der Waals surface area contributed by atoms with E-state index < -0.39 is 27.6 Å². The number of benzene rings is 2. The normalized spacial score (nSPS) is 13.9. The van der Waals surface area contributed by atoms with E-state index in [1.54, 1.807) is 6.07 Å². The van der Waals surface area contributed by atoms with Gasteiger partial charge >= 0.3 is 0 Å². The molecule has 2 aromatic rings. The third-order valence-electron chi connectivity index (χ3n) is 4.18. The molecule has 0 radical (unpaired) electrons. The summed E-state index contributed by atoms with van der Waals surface area (Å²) in [4.78, 5) is 16.2. The van der Waals surface area contributed by atoms with Crippen molar-refractivity contribution in [3.63, 3.8) is 0 Å². The number of hydrogen-bond donors (Lipinski definition) is 2. The standard InChI is InChI=1S/C19H19F2N3O3S/c20-14-7-8-17(21)13(11-14)6-9-19(25)23-15-3-1-4-16(12-15)28(26,27)24-18-5-2-10-22-18/h1,3-4,7-8,11-12H,2,5-6,9-10H2,(H,22,24)(H,23,25). The lowest BCUT2D eigenvalue weighted by Crippen LogP contribution is -2.29. The number of rotatable bonds is 6. The molecule has 0 atom stereocenters. The van der Waals surface area contributed by atoms with Gasteiger partial charge in [0.2, 0.25) is 5.91 Å². The zero-order valence-corrected chi connectivity index (χ0v) is 15.7. The third kappa shape index (κ3) is 5.13. The van der Waals surface area contributed by atoms with Crippen molar-refractivity contribution in [3.05, 3.63) is 59.7 Å². The van der Waals surface area contributed by atoms with Crippen molar-refractivity contribution in [2.75, 3.05) is 11.9 Å². The van der Waals surface area contributed by atoms with Crippen LogP contribution >= 0.6 is 0 Å². The minimum Gasteiger partial charge on any atom is -0.326 e. The molecule has 0 saturated heterocycles. The van der Waals surface area contributed by atoms with Gasteiger partial charge in [0.15, 0.2) is 0 Å². The number of carbonyl (C=O) groups is 1. The zero-order chi connectivity index (χ0) is 20.1. The van der Waals surface area contributed by atoms with Gasteiger partial charge < -0.3 is 5.32 Å². The van der Waals surface area contributed by atoms with Crippen LogP contribution in [-0.2, 0) is 21.2 Å². The molecule has 6 nitrogen and oxygen atoms in total. The fraction of sp³-hybridized carbons (Fsp3) is 0.263. The summed E-state index contributed by atoms with van der Waals surface area (Å²) in [7, 11) is -3.79. The molecule has 9 heteroatoms. The van der Waals surface area contributed by atoms with E-state index in [9.17, 15) is 22.0 Å². The van der Waals surface area contributed by atoms with E-state index in [0.717, 1.165) is 24.6 Å². The van der Waals surface area contributed by atoms with Crippen molar-refractivity contribution < 1.29 is 22.0 Å². The summed E-state index contributed by atoms with van der Waals surface area (Å²) >= 11 is 0. The van der Waals surface area contributed by atoms with Gasteiger partial charge in [-0.15, -0.1) is 0 Å². The minimum absolute atomic E-state index is 0.00363. The summed E-state index contributed by atoms with van der Waals surface area (Å²) in [6.07, 6.45) is 1.33. The highest BCUT2D eigenvalue weighted by Crippen LogP contribution is 2.17. The summed E-state index contributed by atoms with van der Waals surface area (Å²) in [6.45, 7) is 0.597. The van der Waals surface area contributed by atoms with Crippen molar-refractivity contribution in [1.82, 2.24) is 4.72 Å². The number of aliphatic imine (C=N–C) groups is 1. The summed E-state index contributed by atoms with van der Waals surface area (Å²) in [6, 6.07) is 8.87. The van der Waals surface area contributed by atoms with E-state index in [-0.39, 0.29) is 23.3 Å². The molecule has 1 amide bonds. The first-order valence-corrected chi connectivity index (χ1v) is 10.2. The fourth-order valence-corrected chi connectivity index (χ4v) is 3.92. The smallest absolute Gasteiger partial charge is 0.262 e. The van der Waals surface area contributed by atoms with Crippen molar-refractivity contribution in [2.45, 2.75) is 30.6 Å². The van der Waals surface area contributed by atoms with Gasteiger partial charge in [0, 0.05) is 25.1 Å². The molecule has 0 aliphatic carbocycles. The van der Waals surface area contributed by atoms with Crippen LogP contribution in [-0.4, -0.2) is 26.7 Å². The summed E-state index contributed by atoms with van der Waals surface area (Å²) in [5.74, 6) is -1.17. The number of hydrogen-bond acceptors (Lipinski definition) is 4. The third-order valence-corrected chi connectivity index (χ3v) is 5.56. The minimum atomic E-state index is -3.79. The topological polar surface area (TPSA) is 87.6 Å². The van der Waals surface area contributed by atoms with Gasteiger partial charge in [-0.25, -0.2) is 17.2 Å². The van der Waals surface area contributed by atoms with E-state index in [0.29, 0.717) is 24.5 Å². The van der Waals surface area contributed by atoms with Crippen LogP contribution in [0.25, 0.3) is 0 Å². The number of amidine groups is 1. The Morgan fingerprint density at radius 2 is 1.96 bits per heavy atom. The van der Waals surface area contributed by atoms with Crippen LogP contribution < -0.4 is 10.0 Å². The lowest BCUT2D eigenvalue weighted by Gasteiger charge is -2.10. The van der Waals surface area contributed by atoms with Crippen LogP contribution in [0.4, 0.5) is 14.5 Å². The van der Waals surface area contributed by atoms with E-state index in [4.69, 9.17) is 0 Å². The molecule has 1 aliphatic rings. The second-order valence-corrected chi connectivity index (χ2v) is 8.03. The van der Waals surface area contributed by atoms with Gasteiger partial charge in [0.25, 0.3) is 10.0 Å². The average Bonchev–Trinajstić information content (AvgIpc) is 3.15. The molecular weight excluding hydrogens is 388 g/mol. The van der Waals surface area contributed by atoms with Crippen molar-refractivity contribution >= 4 is 27.5 Å². The van der Waals surface area contributed by atoms with Crippen molar-refractivity contribution in [1.29, 1.82) is 0 Å². The molecule has 0 saturated carbocycles. The van der Waals surface area contributed by atoms with Crippen molar-refractivity contribution in [2.24, 2.45) is 4.99 Å². The summed E-state index contributed by atoms with van der Waals surface area (Å²) < 4.78 is 54.1. The van der Waals surface area contributed by atoms with Gasteiger partial charge in [-0.1, -0.05) is 6.07 Å². The molecule has 148 valence electrons. The fourth-order valence-electron chi connectivity index (χ4n) is 2.78. The summed E-state index contributed by atoms with van der Waals surface area (Å²) in [5.41, 5.74) is 0.397. The highest BCUT2D eigenvalue weighted by Gasteiger charge is 2.19. The maximum Gasteiger partial charge on any atom is 0.262 e. The van der Waals surface area contributed by atoms with E-state index >= 15 is 0 Å². The van der Waals surface area contributed by atoms with Crippen LogP contribution in [0.5, 0.6) is 0 Å². The maximum atomic E-state index is 13.6. The Morgan fingerprint density at radius 1 is 1.14 bits per heavy atom. The number of anilines is 1. The maximum absolute atomic E-state index is 13.6. The predicted octanol–water partition coefficient (Wildman–Crippen LogP) is 3.01. The molecule has 2 aromatic carbocycles. The number of sulfonamides is 1. The number of carbonyl (C=O) groups excluding carboxylic acids is 1. The largest absolute Gasteiger partial charge is 0.326 e.